The van der Waals surface area contributed by atoms with Crippen LogP contribution in [0.25, 0.3) is 89.5 Å². The Bertz CT molecular complexity index is 4080. The number of nitrogens with zero attached hydrogens (tertiary/aromatic N) is 4. The zero-order valence-corrected chi connectivity index (χ0v) is 55.3. The Morgan fingerprint density at radius 1 is 0.341 bits per heavy atom. The molecule has 0 saturated heterocycles. The molecule has 0 amide bonds. The minimum absolute atomic E-state index is 0. The van der Waals surface area contributed by atoms with Crippen LogP contribution < -0.4 is 0 Å². The molecular formula is C74H60Ir4N4-4. The van der Waals surface area contributed by atoms with Crippen LogP contribution in [0.5, 0.6) is 0 Å². The van der Waals surface area contributed by atoms with Crippen LogP contribution in [0.4, 0.5) is 0 Å². The normalized spacial score (nSPS) is 10.8. The zero-order chi connectivity index (χ0) is 58.2. The van der Waals surface area contributed by atoms with Gasteiger partial charge in [-0.3, -0.25) is 0 Å². The Morgan fingerprint density at radius 2 is 0.793 bits per heavy atom. The first-order valence-electron chi connectivity index (χ1n) is 28.4. The van der Waals surface area contributed by atoms with Crippen molar-refractivity contribution >= 4 is 0 Å². The van der Waals surface area contributed by atoms with Crippen LogP contribution >= 0.6 is 0 Å². The molecule has 12 aromatic rings. The average molecular weight is 1780 g/mol. The van der Waals surface area contributed by atoms with Gasteiger partial charge in [0.25, 0.3) is 0 Å². The van der Waals surface area contributed by atoms with Gasteiger partial charge in [-0.05, 0) is 94.5 Å². The van der Waals surface area contributed by atoms with Crippen molar-refractivity contribution in [2.45, 2.75) is 41.0 Å². The van der Waals surface area contributed by atoms with Crippen molar-refractivity contribution in [3.63, 3.8) is 0 Å². The van der Waals surface area contributed by atoms with Gasteiger partial charge in [0.15, 0.2) is 0 Å². The first-order chi connectivity index (χ1) is 40.4. The number of aryl methyl sites for hydroxylation is 5. The van der Waals surface area contributed by atoms with E-state index in [1.807, 2.05) is 116 Å². The Balaban J connectivity index is 0.000000209. The van der Waals surface area contributed by atoms with E-state index in [1.54, 1.807) is 18.2 Å². The number of hydrogen-bond donors (Lipinski definition) is 0. The third kappa shape index (κ3) is 18.2. The molecule has 0 unspecified atom stereocenters. The second kappa shape index (κ2) is 33.8. The van der Waals surface area contributed by atoms with Crippen LogP contribution in [-0.4, -0.2) is 19.9 Å². The number of aromatic nitrogens is 4. The van der Waals surface area contributed by atoms with Crippen LogP contribution in [-0.2, 0) is 86.8 Å². The van der Waals surface area contributed by atoms with Gasteiger partial charge in [-0.2, -0.15) is 0 Å². The Hall–Kier alpha value is -7.04. The summed E-state index contributed by atoms with van der Waals surface area (Å²) in [5.74, 6) is 0. The maximum Gasteiger partial charge on any atom is 0.0629 e. The van der Waals surface area contributed by atoms with Gasteiger partial charge in [0, 0.05) is 122 Å². The van der Waals surface area contributed by atoms with E-state index in [4.69, 9.17) is 6.85 Å². The number of rotatable bonds is 9. The molecule has 0 aliphatic rings. The van der Waals surface area contributed by atoms with E-state index in [-0.39, 0.29) is 110 Å². The largest absolute Gasteiger partial charge is 0.304 e. The van der Waals surface area contributed by atoms with E-state index in [1.165, 1.54) is 67.4 Å². The molecule has 4 nitrogen and oxygen atoms in total. The van der Waals surface area contributed by atoms with E-state index >= 15 is 0 Å². The first kappa shape index (κ1) is 58.2. The van der Waals surface area contributed by atoms with Crippen LogP contribution in [0.1, 0.15) is 41.6 Å². The molecule has 0 saturated carbocycles. The Kier molecular flexibility index (Phi) is 24.0. The molecule has 0 aliphatic heterocycles. The van der Waals surface area contributed by atoms with Crippen LogP contribution in [0.3, 0.4) is 0 Å². The minimum Gasteiger partial charge on any atom is -0.304 e. The molecule has 82 heavy (non-hydrogen) atoms. The first-order valence-corrected chi connectivity index (χ1v) is 25.9. The Labute approximate surface area is 546 Å². The smallest absolute Gasteiger partial charge is 0.0629 e. The molecular weight excluding hydrogens is 1710 g/mol. The quantitative estimate of drug-likeness (QED) is 0.135. The van der Waals surface area contributed by atoms with Gasteiger partial charge >= 0.3 is 0 Å². The second-order valence-corrected chi connectivity index (χ2v) is 18.5. The predicted molar refractivity (Wildman–Crippen MR) is 324 cm³/mol. The van der Waals surface area contributed by atoms with Gasteiger partial charge in [0.2, 0.25) is 0 Å². The molecule has 8 heteroatoms. The summed E-state index contributed by atoms with van der Waals surface area (Å²) >= 11 is 0. The SMILES string of the molecule is CCc1cc(-c2[c-]cccc2)ncc1-c1ccccc1.Cc1cc(-c2[c-]cccc2)ncc1-c1ccccc1.Cc1cc[c-]c(-c2cc(C)c(-c3cccc(C)c3)cn2)c1.[2H]c1c([2H])c([2H])c(-c2ccc(-c3[c-]cccc3)nc2)c([2H])c1[2H].[Ir].[Ir].[Ir].[Ir]. The molecule has 4 radical (unpaired) electrons. The fourth-order valence-electron chi connectivity index (χ4n) is 8.74. The molecule has 416 valence electrons. The number of hydrogen-bond acceptors (Lipinski definition) is 4. The molecule has 4 aromatic heterocycles. The molecule has 0 atom stereocenters. The van der Waals surface area contributed by atoms with Gasteiger partial charge in [0.05, 0.1) is 6.85 Å². The van der Waals surface area contributed by atoms with Gasteiger partial charge in [-0.25, -0.2) is 0 Å². The van der Waals surface area contributed by atoms with E-state index in [9.17, 15) is 0 Å². The summed E-state index contributed by atoms with van der Waals surface area (Å²) in [5, 5.41) is 0. The van der Waals surface area contributed by atoms with E-state index in [0.717, 1.165) is 45.8 Å². The molecule has 0 spiro atoms. The van der Waals surface area contributed by atoms with Crippen molar-refractivity contribution in [3.8, 4) is 89.5 Å². The fraction of sp³-hybridized carbons (Fsp3) is 0.0811. The van der Waals surface area contributed by atoms with Crippen LogP contribution in [0.15, 0.2) is 261 Å². The number of benzene rings is 8. The molecule has 8 aromatic carbocycles. The van der Waals surface area contributed by atoms with E-state index < -0.39 is 6.04 Å². The summed E-state index contributed by atoms with van der Waals surface area (Å²) in [4.78, 5) is 18.1. The molecule has 0 N–H and O–H groups in total. The molecule has 0 bridgehead atoms. The standard InChI is InChI=1S/C20H18N.C19H16N.C18H14N.C17H12N.4Ir/c1-14-6-4-8-17(10-14)19-13-21-20(12-16(19)3)18-9-5-7-15(2)11-18;1-2-15-13-19(17-11-7-4-8-12-17)20-14-18(15)16-9-5-3-6-10-16;1-14-12-18(16-10-6-3-7-11-16)19-13-17(14)15-8-4-2-5-9-15;1-3-7-14(8-4-1)16-11-12-17(18-13-16)15-9-5-2-6-10-15;;;;/h4-8,10-13H,1-3H3;3-11,13-14H,2H2,1H3;2-10,12-13H,1H3;1-9,11-13H;;;;/q4*-1;;;;/i;;;1D,3D,4D,7D,8D;;;;. The maximum absolute atomic E-state index is 7.98. The van der Waals surface area contributed by atoms with Gasteiger partial charge in [-0.15, -0.1) is 143 Å². The van der Waals surface area contributed by atoms with Gasteiger partial charge in [0.1, 0.15) is 0 Å². The molecule has 4 heterocycles. The van der Waals surface area contributed by atoms with Crippen molar-refractivity contribution in [3.05, 3.63) is 313 Å². The molecule has 0 aliphatic carbocycles. The van der Waals surface area contributed by atoms with Crippen molar-refractivity contribution in [2.24, 2.45) is 0 Å². The van der Waals surface area contributed by atoms with Gasteiger partial charge in [-0.1, -0.05) is 165 Å². The number of pyridine rings is 4. The van der Waals surface area contributed by atoms with Crippen molar-refractivity contribution in [1.82, 2.24) is 19.9 Å². The predicted octanol–water partition coefficient (Wildman–Crippen LogP) is 18.6. The zero-order valence-electron chi connectivity index (χ0n) is 50.8. The monoisotopic (exact) mass is 1780 g/mol. The van der Waals surface area contributed by atoms with Crippen LogP contribution in [0, 0.1) is 52.0 Å². The summed E-state index contributed by atoms with van der Waals surface area (Å²) in [6, 6.07) is 79.9. The fourth-order valence-corrected chi connectivity index (χ4v) is 8.74. The van der Waals surface area contributed by atoms with Crippen molar-refractivity contribution in [2.75, 3.05) is 0 Å². The third-order valence-electron chi connectivity index (χ3n) is 12.8. The maximum atomic E-state index is 7.98. The van der Waals surface area contributed by atoms with Gasteiger partial charge < -0.3 is 19.9 Å². The summed E-state index contributed by atoms with van der Waals surface area (Å²) < 4.78 is 39.1. The van der Waals surface area contributed by atoms with E-state index in [0.29, 0.717) is 11.3 Å². The second-order valence-electron chi connectivity index (χ2n) is 18.5. The van der Waals surface area contributed by atoms with Crippen molar-refractivity contribution < 1.29 is 87.3 Å². The van der Waals surface area contributed by atoms with Crippen molar-refractivity contribution in [1.29, 1.82) is 0 Å². The summed E-state index contributed by atoms with van der Waals surface area (Å²) in [5.41, 5.74) is 21.8. The van der Waals surface area contributed by atoms with Crippen LogP contribution in [0.2, 0.25) is 0 Å². The average Bonchev–Trinajstić information content (AvgIpc) is 3.36. The summed E-state index contributed by atoms with van der Waals surface area (Å²) in [7, 11) is 0. The minimum atomic E-state index is -0.396. The Morgan fingerprint density at radius 3 is 1.28 bits per heavy atom. The summed E-state index contributed by atoms with van der Waals surface area (Å²) in [6.07, 6.45) is 8.40. The summed E-state index contributed by atoms with van der Waals surface area (Å²) in [6.45, 7) is 10.6. The molecule has 0 fully saturated rings. The topological polar surface area (TPSA) is 51.6 Å². The third-order valence-corrected chi connectivity index (χ3v) is 12.8. The van der Waals surface area contributed by atoms with E-state index in [2.05, 4.69) is 170 Å². The molecule has 12 rings (SSSR count).